The van der Waals surface area contributed by atoms with E-state index in [0.29, 0.717) is 10.7 Å². The van der Waals surface area contributed by atoms with E-state index in [1.54, 1.807) is 17.4 Å². The molecule has 1 N–H and O–H groups in total. The molecule has 0 aliphatic carbocycles. The van der Waals surface area contributed by atoms with Gasteiger partial charge in [0.1, 0.15) is 10.8 Å². The highest BCUT2D eigenvalue weighted by Crippen LogP contribution is 2.29. The summed E-state index contributed by atoms with van der Waals surface area (Å²) in [5.41, 5.74) is 0.971. The summed E-state index contributed by atoms with van der Waals surface area (Å²) in [6.07, 6.45) is 5.26. The quantitative estimate of drug-likeness (QED) is 0.503. The van der Waals surface area contributed by atoms with Gasteiger partial charge in [-0.2, -0.15) is 5.10 Å². The molecule has 3 heterocycles. The average Bonchev–Trinajstić information content (AvgIpc) is 3.29. The Labute approximate surface area is 172 Å². The number of H-pyrrole nitrogens is 1. The molecular weight excluding hydrogens is 390 g/mol. The number of hydrogen-bond donors (Lipinski definition) is 1. The van der Waals surface area contributed by atoms with Crippen LogP contribution in [0.5, 0.6) is 0 Å². The topological polar surface area (TPSA) is 66.8 Å². The number of carbonyl (C=O) groups is 1. The monoisotopic (exact) mass is 413 g/mol. The van der Waals surface area contributed by atoms with E-state index in [0.717, 1.165) is 47.0 Å². The largest absolute Gasteiger partial charge is 0.339 e. The standard InChI is InChI=1S/C20H23N5OS2/c1-13(2)25-19(22-23-20(25)27)14-9-11-24(12-10-14)18(26)8-7-17-21-15-5-3-4-6-16(15)28-17/h3-8,13-14H,9-12H2,1-2H3,(H,23,27)/b8-7+. The van der Waals surface area contributed by atoms with Crippen molar-refractivity contribution in [2.24, 2.45) is 0 Å². The minimum absolute atomic E-state index is 0.0421. The fourth-order valence-electron chi connectivity index (χ4n) is 3.67. The van der Waals surface area contributed by atoms with E-state index in [2.05, 4.69) is 33.6 Å². The summed E-state index contributed by atoms with van der Waals surface area (Å²) >= 11 is 6.95. The van der Waals surface area contributed by atoms with Crippen LogP contribution < -0.4 is 0 Å². The molecule has 1 aromatic carbocycles. The second-order valence-electron chi connectivity index (χ2n) is 7.30. The Kier molecular flexibility index (Phi) is 5.41. The number of aromatic amines is 1. The maximum Gasteiger partial charge on any atom is 0.246 e. The Morgan fingerprint density at radius 3 is 2.79 bits per heavy atom. The van der Waals surface area contributed by atoms with Gasteiger partial charge in [-0.3, -0.25) is 9.89 Å². The van der Waals surface area contributed by atoms with E-state index in [1.807, 2.05) is 35.2 Å². The second-order valence-corrected chi connectivity index (χ2v) is 8.75. The van der Waals surface area contributed by atoms with Crippen molar-refractivity contribution in [1.29, 1.82) is 0 Å². The number of rotatable bonds is 4. The highest BCUT2D eigenvalue weighted by atomic mass is 32.1. The molecule has 1 aliphatic rings. The second kappa shape index (κ2) is 7.97. The van der Waals surface area contributed by atoms with Crippen LogP contribution in [0.1, 0.15) is 49.5 Å². The molecule has 0 bridgehead atoms. The lowest BCUT2D eigenvalue weighted by Crippen LogP contribution is -2.37. The van der Waals surface area contributed by atoms with Crippen molar-refractivity contribution in [1.82, 2.24) is 24.6 Å². The molecule has 3 aromatic rings. The van der Waals surface area contributed by atoms with Gasteiger partial charge in [-0.25, -0.2) is 4.98 Å². The Morgan fingerprint density at radius 1 is 1.32 bits per heavy atom. The summed E-state index contributed by atoms with van der Waals surface area (Å²) in [5.74, 6) is 1.38. The van der Waals surface area contributed by atoms with Crippen LogP contribution in [0.3, 0.4) is 0 Å². The molecule has 1 fully saturated rings. The van der Waals surface area contributed by atoms with Crippen molar-refractivity contribution in [2.75, 3.05) is 13.1 Å². The van der Waals surface area contributed by atoms with Gasteiger partial charge in [0.25, 0.3) is 0 Å². The van der Waals surface area contributed by atoms with Crippen LogP contribution in [0.15, 0.2) is 30.3 Å². The first kappa shape index (κ1) is 19.0. The lowest BCUT2D eigenvalue weighted by Gasteiger charge is -2.31. The van der Waals surface area contributed by atoms with Crippen LogP contribution in [0.25, 0.3) is 16.3 Å². The molecule has 4 rings (SSSR count). The summed E-state index contributed by atoms with van der Waals surface area (Å²) < 4.78 is 3.89. The number of aromatic nitrogens is 4. The van der Waals surface area contributed by atoms with Crippen LogP contribution in [0, 0.1) is 4.77 Å². The zero-order valence-corrected chi connectivity index (χ0v) is 17.6. The molecule has 1 aliphatic heterocycles. The Balaban J connectivity index is 1.39. The number of benzene rings is 1. The molecule has 0 saturated carbocycles. The zero-order valence-electron chi connectivity index (χ0n) is 16.0. The number of fused-ring (bicyclic) bond motifs is 1. The van der Waals surface area contributed by atoms with E-state index in [4.69, 9.17) is 12.2 Å². The molecule has 0 unspecified atom stereocenters. The Hall–Kier alpha value is -2.32. The smallest absolute Gasteiger partial charge is 0.246 e. The molecule has 2 aromatic heterocycles. The SMILES string of the molecule is CC(C)n1c(C2CCN(C(=O)/C=C/c3nc4ccccc4s3)CC2)n[nH]c1=S. The van der Waals surface area contributed by atoms with E-state index in [-0.39, 0.29) is 11.9 Å². The number of carbonyl (C=O) groups excluding carboxylic acids is 1. The first-order chi connectivity index (χ1) is 13.5. The third kappa shape index (κ3) is 3.79. The molecular formula is C20H23N5OS2. The van der Waals surface area contributed by atoms with Crippen LogP contribution in [-0.2, 0) is 4.79 Å². The van der Waals surface area contributed by atoms with Gasteiger partial charge in [0, 0.05) is 31.1 Å². The number of hydrogen-bond acceptors (Lipinski definition) is 5. The average molecular weight is 414 g/mol. The first-order valence-corrected chi connectivity index (χ1v) is 10.7. The predicted octanol–water partition coefficient (Wildman–Crippen LogP) is 4.55. The number of amides is 1. The molecule has 0 radical (unpaired) electrons. The number of nitrogens with one attached hydrogen (secondary N) is 1. The van der Waals surface area contributed by atoms with Crippen LogP contribution in [0.4, 0.5) is 0 Å². The van der Waals surface area contributed by atoms with Crippen molar-refractivity contribution in [3.8, 4) is 0 Å². The summed E-state index contributed by atoms with van der Waals surface area (Å²) in [4.78, 5) is 19.0. The van der Waals surface area contributed by atoms with Crippen LogP contribution in [-0.4, -0.2) is 43.6 Å². The van der Waals surface area contributed by atoms with Crippen molar-refractivity contribution >= 4 is 45.8 Å². The molecule has 28 heavy (non-hydrogen) atoms. The Bertz CT molecular complexity index is 1040. The van der Waals surface area contributed by atoms with Crippen molar-refractivity contribution in [3.05, 3.63) is 45.9 Å². The van der Waals surface area contributed by atoms with Gasteiger partial charge in [-0.15, -0.1) is 11.3 Å². The number of likely N-dealkylation sites (tertiary alicyclic amines) is 1. The summed E-state index contributed by atoms with van der Waals surface area (Å²) in [5, 5.41) is 8.22. The number of nitrogens with zero attached hydrogens (tertiary/aromatic N) is 4. The minimum Gasteiger partial charge on any atom is -0.339 e. The third-order valence-electron chi connectivity index (χ3n) is 5.10. The fraction of sp³-hybridized carbons (Fsp3) is 0.400. The summed E-state index contributed by atoms with van der Waals surface area (Å²) in [6.45, 7) is 5.68. The Morgan fingerprint density at radius 2 is 2.07 bits per heavy atom. The molecule has 8 heteroatoms. The third-order valence-corrected chi connectivity index (χ3v) is 6.39. The first-order valence-electron chi connectivity index (χ1n) is 9.52. The lowest BCUT2D eigenvalue weighted by atomic mass is 9.95. The molecule has 0 spiro atoms. The normalized spacial score (nSPS) is 15.9. The van der Waals surface area contributed by atoms with Crippen LogP contribution in [0.2, 0.25) is 0 Å². The van der Waals surface area contributed by atoms with Crippen molar-refractivity contribution in [3.63, 3.8) is 0 Å². The van der Waals surface area contributed by atoms with Gasteiger partial charge in [-0.05, 0) is 57.1 Å². The molecule has 146 valence electrons. The molecule has 0 atom stereocenters. The molecule has 1 saturated heterocycles. The van der Waals surface area contributed by atoms with Crippen molar-refractivity contribution < 1.29 is 4.79 Å². The highest BCUT2D eigenvalue weighted by molar-refractivity contribution is 7.71. The van der Waals surface area contributed by atoms with E-state index in [9.17, 15) is 4.79 Å². The molecule has 6 nitrogen and oxygen atoms in total. The lowest BCUT2D eigenvalue weighted by molar-refractivity contribution is -0.127. The van der Waals surface area contributed by atoms with Gasteiger partial charge in [-0.1, -0.05) is 12.1 Å². The number of piperidine rings is 1. The molecule has 1 amide bonds. The summed E-state index contributed by atoms with van der Waals surface area (Å²) in [6, 6.07) is 8.28. The predicted molar refractivity (Wildman–Crippen MR) is 115 cm³/mol. The van der Waals surface area contributed by atoms with Crippen molar-refractivity contribution in [2.45, 2.75) is 38.6 Å². The minimum atomic E-state index is 0.0421. The van der Waals surface area contributed by atoms with E-state index in [1.165, 1.54) is 0 Å². The van der Waals surface area contributed by atoms with Gasteiger partial charge < -0.3 is 9.47 Å². The van der Waals surface area contributed by atoms with Gasteiger partial charge in [0.15, 0.2) is 4.77 Å². The highest BCUT2D eigenvalue weighted by Gasteiger charge is 2.27. The fourth-order valence-corrected chi connectivity index (χ4v) is 4.89. The maximum absolute atomic E-state index is 12.6. The van der Waals surface area contributed by atoms with Gasteiger partial charge in [0.2, 0.25) is 5.91 Å². The van der Waals surface area contributed by atoms with E-state index >= 15 is 0 Å². The number of para-hydroxylation sites is 1. The summed E-state index contributed by atoms with van der Waals surface area (Å²) in [7, 11) is 0. The van der Waals surface area contributed by atoms with Gasteiger partial charge in [0.05, 0.1) is 10.2 Å². The van der Waals surface area contributed by atoms with Crippen LogP contribution >= 0.6 is 23.6 Å². The maximum atomic E-state index is 12.6. The number of thiazole rings is 1. The zero-order chi connectivity index (χ0) is 19.7. The van der Waals surface area contributed by atoms with Gasteiger partial charge >= 0.3 is 0 Å². The van der Waals surface area contributed by atoms with E-state index < -0.39 is 0 Å².